The summed E-state index contributed by atoms with van der Waals surface area (Å²) >= 11 is 0. The van der Waals surface area contributed by atoms with Gasteiger partial charge < -0.3 is 30.6 Å². The Balaban J connectivity index is 1.36. The van der Waals surface area contributed by atoms with Crippen LogP contribution in [0, 0.1) is 11.2 Å². The number of amidine groups is 1. The van der Waals surface area contributed by atoms with Gasteiger partial charge in [0.15, 0.2) is 5.88 Å². The lowest BCUT2D eigenvalue weighted by atomic mass is 10.2. The Bertz CT molecular complexity index is 1490. The van der Waals surface area contributed by atoms with E-state index >= 15 is 0 Å². The number of benzene rings is 2. The molecular weight excluding hydrogens is 546 g/mol. The van der Waals surface area contributed by atoms with Gasteiger partial charge in [0, 0.05) is 30.5 Å². The number of fused-ring (bicyclic) bond motifs is 1. The number of sulfonamides is 1. The lowest BCUT2D eigenvalue weighted by molar-refractivity contribution is -0.137. The van der Waals surface area contributed by atoms with Gasteiger partial charge in [0.2, 0.25) is 15.9 Å². The zero-order valence-corrected chi connectivity index (χ0v) is 21.1. The van der Waals surface area contributed by atoms with Crippen LogP contribution in [0.1, 0.15) is 11.1 Å². The van der Waals surface area contributed by atoms with E-state index in [2.05, 4.69) is 26.0 Å². The first kappa shape index (κ1) is 27.7. The largest absolute Gasteiger partial charge is 0.425 e. The number of urea groups is 1. The summed E-state index contributed by atoms with van der Waals surface area (Å²) in [6.45, 7) is 0.601. The summed E-state index contributed by atoms with van der Waals surface area (Å²) in [5, 5.41) is 19.0. The lowest BCUT2D eigenvalue weighted by Gasteiger charge is -2.29. The second-order valence-corrected chi connectivity index (χ2v) is 10.2. The zero-order chi connectivity index (χ0) is 28.4. The minimum Gasteiger partial charge on any atom is -0.425 e. The summed E-state index contributed by atoms with van der Waals surface area (Å²) in [6, 6.07) is 8.60. The van der Waals surface area contributed by atoms with Gasteiger partial charge in [-0.2, -0.15) is 13.2 Å². The first-order valence-electron chi connectivity index (χ1n) is 11.3. The van der Waals surface area contributed by atoms with Crippen LogP contribution in [0.2, 0.25) is 0 Å². The third-order valence-corrected chi connectivity index (χ3v) is 6.15. The molecule has 2 amide bonds. The summed E-state index contributed by atoms with van der Waals surface area (Å²) in [5.74, 6) is -0.191. The minimum absolute atomic E-state index is 0.119. The fourth-order valence-electron chi connectivity index (χ4n) is 3.61. The molecule has 6 N–H and O–H groups in total. The number of nitrogens with one attached hydrogen (secondary N) is 6. The number of carbonyl (C=O) groups is 1. The Kier molecular flexibility index (Phi) is 7.69. The maximum absolute atomic E-state index is 13.9. The molecule has 0 bridgehead atoms. The van der Waals surface area contributed by atoms with Crippen molar-refractivity contribution in [1.29, 1.82) is 5.41 Å². The molecule has 0 atom stereocenters. The van der Waals surface area contributed by atoms with E-state index in [-0.39, 0.29) is 31.3 Å². The highest BCUT2D eigenvalue weighted by atomic mass is 32.2. The van der Waals surface area contributed by atoms with Crippen molar-refractivity contribution in [2.24, 2.45) is 0 Å². The average Bonchev–Trinajstić information content (AvgIpc) is 3.27. The monoisotopic (exact) mass is 569 g/mol. The number of carbonyl (C=O) groups excluding carboxylic acids is 1. The number of amides is 2. The van der Waals surface area contributed by atoms with Crippen molar-refractivity contribution in [2.75, 3.05) is 52.2 Å². The predicted octanol–water partition coefficient (Wildman–Crippen LogP) is 4.26. The van der Waals surface area contributed by atoms with Gasteiger partial charge in [-0.05, 0) is 42.5 Å². The van der Waals surface area contributed by atoms with Gasteiger partial charge in [-0.25, -0.2) is 22.3 Å². The molecule has 16 heteroatoms. The lowest BCUT2D eigenvalue weighted by Crippen LogP contribution is -2.39. The van der Waals surface area contributed by atoms with Crippen LogP contribution >= 0.6 is 0 Å². The first-order chi connectivity index (χ1) is 18.3. The summed E-state index contributed by atoms with van der Waals surface area (Å²) in [6.07, 6.45) is -3.64. The molecule has 1 aliphatic heterocycles. The highest BCUT2D eigenvalue weighted by molar-refractivity contribution is 7.88. The average molecular weight is 570 g/mol. The van der Waals surface area contributed by atoms with Crippen molar-refractivity contribution >= 4 is 50.7 Å². The van der Waals surface area contributed by atoms with Crippen LogP contribution in [0.15, 0.2) is 52.9 Å². The van der Waals surface area contributed by atoms with Gasteiger partial charge >= 0.3 is 12.2 Å². The van der Waals surface area contributed by atoms with E-state index in [1.54, 1.807) is 23.1 Å². The van der Waals surface area contributed by atoms with Crippen LogP contribution in [0.3, 0.4) is 0 Å². The molecule has 2 aromatic carbocycles. The van der Waals surface area contributed by atoms with Crippen LogP contribution in [0.5, 0.6) is 0 Å². The highest BCUT2D eigenvalue weighted by Crippen LogP contribution is 2.33. The molecule has 0 radical (unpaired) electrons. The molecule has 2 heterocycles. The number of hydrogen-bond acceptors (Lipinski definition) is 7. The summed E-state index contributed by atoms with van der Waals surface area (Å²) in [7, 11) is -3.31. The number of anilines is 5. The number of furan rings is 1. The third-order valence-electron chi connectivity index (χ3n) is 5.42. The summed E-state index contributed by atoms with van der Waals surface area (Å²) in [4.78, 5) is 13.9. The molecule has 0 aliphatic carbocycles. The van der Waals surface area contributed by atoms with Gasteiger partial charge in [0.25, 0.3) is 0 Å². The Morgan fingerprint density at radius 1 is 1.10 bits per heavy atom. The van der Waals surface area contributed by atoms with Crippen molar-refractivity contribution in [1.82, 2.24) is 4.72 Å². The van der Waals surface area contributed by atoms with Gasteiger partial charge in [0.1, 0.15) is 11.7 Å². The summed E-state index contributed by atoms with van der Waals surface area (Å²) in [5.41, 5.74) is -0.402. The van der Waals surface area contributed by atoms with Crippen LogP contribution in [-0.4, -0.2) is 46.3 Å². The van der Waals surface area contributed by atoms with Crippen LogP contribution in [-0.2, 0) is 16.2 Å². The number of nitrogens with zero attached hydrogens (tertiary/aromatic N) is 1. The fraction of sp³-hybridized carbons (Fsp3) is 0.217. The minimum atomic E-state index is -4.69. The van der Waals surface area contributed by atoms with E-state index in [1.807, 2.05) is 0 Å². The molecule has 11 nitrogen and oxygen atoms in total. The SMILES string of the molecule is CS(=O)(=O)NCCNc1cc2c(o1)NCN(c1ccc(NC(=O)Nc3cc(C(F)(F)F)ccc3F)cc1)C2=N. The smallest absolute Gasteiger partial charge is 0.416 e. The molecule has 0 saturated heterocycles. The molecule has 39 heavy (non-hydrogen) atoms. The maximum atomic E-state index is 13.9. The van der Waals surface area contributed by atoms with Gasteiger partial charge in [0.05, 0.1) is 29.7 Å². The number of rotatable bonds is 8. The zero-order valence-electron chi connectivity index (χ0n) is 20.2. The van der Waals surface area contributed by atoms with Crippen molar-refractivity contribution in [3.05, 3.63) is 65.5 Å². The topological polar surface area (TPSA) is 152 Å². The van der Waals surface area contributed by atoms with E-state index in [9.17, 15) is 30.8 Å². The van der Waals surface area contributed by atoms with Gasteiger partial charge in [-0.1, -0.05) is 0 Å². The van der Waals surface area contributed by atoms with Crippen molar-refractivity contribution in [3.63, 3.8) is 0 Å². The predicted molar refractivity (Wildman–Crippen MR) is 138 cm³/mol. The van der Waals surface area contributed by atoms with E-state index in [4.69, 9.17) is 9.83 Å². The molecule has 0 unspecified atom stereocenters. The van der Waals surface area contributed by atoms with E-state index < -0.39 is 39.3 Å². The number of halogens is 4. The normalized spacial score (nSPS) is 13.5. The molecule has 1 aliphatic rings. The van der Waals surface area contributed by atoms with E-state index in [0.29, 0.717) is 41.2 Å². The van der Waals surface area contributed by atoms with Crippen molar-refractivity contribution < 1.29 is 35.2 Å². The molecule has 4 rings (SSSR count). The second-order valence-electron chi connectivity index (χ2n) is 8.38. The fourth-order valence-corrected chi connectivity index (χ4v) is 4.08. The summed E-state index contributed by atoms with van der Waals surface area (Å²) < 4.78 is 82.8. The number of hydrogen-bond donors (Lipinski definition) is 6. The maximum Gasteiger partial charge on any atom is 0.416 e. The van der Waals surface area contributed by atoms with Gasteiger partial charge in [-0.15, -0.1) is 0 Å². The highest BCUT2D eigenvalue weighted by Gasteiger charge is 2.31. The standard InChI is InChI=1S/C23H23F4N7O4S/c1-39(36,37)31-9-8-29-19-11-16-20(28)34(12-30-21(16)38-19)15-5-3-14(4-6-15)32-22(35)33-18-10-13(23(25,26)27)2-7-17(18)24/h2-7,10-11,28-31H,8-9,12H2,1H3,(H2,32,33,35). The first-order valence-corrected chi connectivity index (χ1v) is 13.2. The molecule has 1 aromatic heterocycles. The van der Waals surface area contributed by atoms with Crippen LogP contribution in [0.25, 0.3) is 0 Å². The van der Waals surface area contributed by atoms with Crippen LogP contribution in [0.4, 0.5) is 51.2 Å². The quantitative estimate of drug-likeness (QED) is 0.175. The van der Waals surface area contributed by atoms with Crippen molar-refractivity contribution in [3.8, 4) is 0 Å². The van der Waals surface area contributed by atoms with Crippen molar-refractivity contribution in [2.45, 2.75) is 6.18 Å². The Morgan fingerprint density at radius 3 is 2.49 bits per heavy atom. The van der Waals surface area contributed by atoms with E-state index in [1.165, 1.54) is 12.1 Å². The number of alkyl halides is 3. The molecule has 0 spiro atoms. The second kappa shape index (κ2) is 10.8. The molecule has 208 valence electrons. The molecule has 0 fully saturated rings. The molecular formula is C23H23F4N7O4S. The molecule has 0 saturated carbocycles. The van der Waals surface area contributed by atoms with E-state index in [0.717, 1.165) is 6.26 Å². The Morgan fingerprint density at radius 2 is 1.82 bits per heavy atom. The Labute approximate surface area is 220 Å². The third kappa shape index (κ3) is 6.97. The van der Waals surface area contributed by atoms with Gasteiger partial charge in [-0.3, -0.25) is 5.41 Å². The van der Waals surface area contributed by atoms with Crippen LogP contribution < -0.4 is 30.9 Å². The molecule has 3 aromatic rings. The Hall–Kier alpha value is -4.31.